The van der Waals surface area contributed by atoms with E-state index in [9.17, 15) is 0 Å². The maximum Gasteiger partial charge on any atom is 0.294 e. The highest BCUT2D eigenvalue weighted by Gasteiger charge is 2.12. The van der Waals surface area contributed by atoms with Crippen LogP contribution in [-0.2, 0) is 8.54 Å². The Morgan fingerprint density at radius 3 is 2.22 bits per heavy atom. The SMILES string of the molecule is CCO[SiH2]O[Si](C)(C)C. The Bertz CT molecular complexity index is 69.8. The average molecular weight is 164 g/mol. The molecule has 56 valence electrons. The van der Waals surface area contributed by atoms with Crippen LogP contribution in [-0.4, -0.2) is 24.9 Å². The summed E-state index contributed by atoms with van der Waals surface area (Å²) in [5.41, 5.74) is 0. The molecule has 0 aromatic rings. The van der Waals surface area contributed by atoms with Gasteiger partial charge in [0, 0.05) is 6.61 Å². The van der Waals surface area contributed by atoms with Crippen LogP contribution in [0.25, 0.3) is 0 Å². The Hall–Kier alpha value is 0.354. The molecule has 0 aliphatic rings. The molecule has 0 saturated heterocycles. The summed E-state index contributed by atoms with van der Waals surface area (Å²) in [7, 11) is -1.89. The van der Waals surface area contributed by atoms with Gasteiger partial charge in [0.25, 0.3) is 10.0 Å². The van der Waals surface area contributed by atoms with Crippen molar-refractivity contribution < 1.29 is 8.54 Å². The molecule has 0 aliphatic carbocycles. The van der Waals surface area contributed by atoms with Crippen molar-refractivity contribution in [1.29, 1.82) is 0 Å². The lowest BCUT2D eigenvalue weighted by Crippen LogP contribution is -2.28. The first-order chi connectivity index (χ1) is 4.06. The van der Waals surface area contributed by atoms with Crippen LogP contribution >= 0.6 is 0 Å². The van der Waals surface area contributed by atoms with Gasteiger partial charge in [0.1, 0.15) is 0 Å². The number of rotatable bonds is 4. The number of hydrogen-bond donors (Lipinski definition) is 0. The van der Waals surface area contributed by atoms with Crippen molar-refractivity contribution in [1.82, 2.24) is 0 Å². The van der Waals surface area contributed by atoms with E-state index in [-0.39, 0.29) is 0 Å². The molecule has 9 heavy (non-hydrogen) atoms. The lowest BCUT2D eigenvalue weighted by Gasteiger charge is -2.16. The van der Waals surface area contributed by atoms with Crippen LogP contribution in [0.5, 0.6) is 0 Å². The third kappa shape index (κ3) is 8.35. The van der Waals surface area contributed by atoms with Crippen LogP contribution in [0.15, 0.2) is 0 Å². The highest BCUT2D eigenvalue weighted by atomic mass is 28.4. The van der Waals surface area contributed by atoms with Crippen molar-refractivity contribution in [3.63, 3.8) is 0 Å². The second-order valence-electron chi connectivity index (χ2n) is 2.87. The number of hydrogen-bond acceptors (Lipinski definition) is 2. The summed E-state index contributed by atoms with van der Waals surface area (Å²) in [6.45, 7) is 9.34. The van der Waals surface area contributed by atoms with E-state index in [0.717, 1.165) is 6.61 Å². The first-order valence-electron chi connectivity index (χ1n) is 3.28. The molecule has 0 aliphatic heterocycles. The van der Waals surface area contributed by atoms with E-state index in [1.54, 1.807) is 0 Å². The van der Waals surface area contributed by atoms with Crippen LogP contribution in [0.4, 0.5) is 0 Å². The van der Waals surface area contributed by atoms with Crippen molar-refractivity contribution >= 4 is 18.3 Å². The van der Waals surface area contributed by atoms with Gasteiger partial charge in [0.15, 0.2) is 8.32 Å². The molecule has 0 aromatic heterocycles. The van der Waals surface area contributed by atoms with Gasteiger partial charge < -0.3 is 8.54 Å². The molecule has 0 radical (unpaired) electrons. The minimum atomic E-state index is -1.26. The highest BCUT2D eigenvalue weighted by Crippen LogP contribution is 1.99. The highest BCUT2D eigenvalue weighted by molar-refractivity contribution is 6.73. The van der Waals surface area contributed by atoms with Gasteiger partial charge in [0.05, 0.1) is 0 Å². The van der Waals surface area contributed by atoms with Gasteiger partial charge in [-0.2, -0.15) is 0 Å². The first-order valence-corrected chi connectivity index (χ1v) is 7.84. The normalized spacial score (nSPS) is 13.3. The zero-order valence-electron chi connectivity index (χ0n) is 6.73. The Balaban J connectivity index is 3.07. The maximum atomic E-state index is 5.53. The van der Waals surface area contributed by atoms with Crippen molar-refractivity contribution in [2.45, 2.75) is 26.6 Å². The van der Waals surface area contributed by atoms with E-state index >= 15 is 0 Å². The van der Waals surface area contributed by atoms with Crippen molar-refractivity contribution in [2.24, 2.45) is 0 Å². The van der Waals surface area contributed by atoms with Crippen LogP contribution in [0.3, 0.4) is 0 Å². The van der Waals surface area contributed by atoms with E-state index < -0.39 is 18.3 Å². The standard InChI is InChI=1S/C5H16O2Si2/c1-5-6-8-7-9(2,3)4/h5,8H2,1-4H3. The van der Waals surface area contributed by atoms with Crippen molar-refractivity contribution in [2.75, 3.05) is 6.61 Å². The molecule has 0 heterocycles. The van der Waals surface area contributed by atoms with Gasteiger partial charge >= 0.3 is 0 Å². The topological polar surface area (TPSA) is 18.5 Å². The molecule has 4 heteroatoms. The third-order valence-electron chi connectivity index (χ3n) is 0.779. The minimum Gasteiger partial charge on any atom is -0.441 e. The Labute approximate surface area is 60.8 Å². The fourth-order valence-corrected chi connectivity index (χ4v) is 2.22. The van der Waals surface area contributed by atoms with E-state index in [1.165, 1.54) is 0 Å². The van der Waals surface area contributed by atoms with Gasteiger partial charge in [-0.3, -0.25) is 0 Å². The Morgan fingerprint density at radius 1 is 1.33 bits per heavy atom. The third-order valence-corrected chi connectivity index (χ3v) is 5.29. The van der Waals surface area contributed by atoms with E-state index in [4.69, 9.17) is 8.54 Å². The van der Waals surface area contributed by atoms with Crippen LogP contribution in [0, 0.1) is 0 Å². The largest absolute Gasteiger partial charge is 0.441 e. The summed E-state index contributed by atoms with van der Waals surface area (Å²) in [5, 5.41) is 0. The lowest BCUT2D eigenvalue weighted by atomic mass is 10.9. The molecule has 0 spiro atoms. The summed E-state index contributed by atoms with van der Waals surface area (Å²) < 4.78 is 10.7. The zero-order chi connectivity index (χ0) is 7.33. The smallest absolute Gasteiger partial charge is 0.294 e. The summed E-state index contributed by atoms with van der Waals surface area (Å²) in [5.74, 6) is 0. The fraction of sp³-hybridized carbons (Fsp3) is 1.00. The van der Waals surface area contributed by atoms with Gasteiger partial charge in [0.2, 0.25) is 0 Å². The molecule has 0 rings (SSSR count). The molecule has 0 aromatic carbocycles. The molecular weight excluding hydrogens is 148 g/mol. The monoisotopic (exact) mass is 164 g/mol. The average Bonchev–Trinajstić information content (AvgIpc) is 1.63. The molecule has 0 bridgehead atoms. The van der Waals surface area contributed by atoms with E-state index in [1.807, 2.05) is 6.92 Å². The van der Waals surface area contributed by atoms with E-state index in [0.29, 0.717) is 0 Å². The predicted octanol–water partition coefficient (Wildman–Crippen LogP) is 0.873. The van der Waals surface area contributed by atoms with Crippen molar-refractivity contribution in [3.8, 4) is 0 Å². The maximum absolute atomic E-state index is 5.53. The Morgan fingerprint density at radius 2 is 1.89 bits per heavy atom. The van der Waals surface area contributed by atoms with Crippen LogP contribution < -0.4 is 0 Å². The predicted molar refractivity (Wildman–Crippen MR) is 44.6 cm³/mol. The molecule has 0 N–H and O–H groups in total. The van der Waals surface area contributed by atoms with E-state index in [2.05, 4.69) is 19.6 Å². The van der Waals surface area contributed by atoms with Gasteiger partial charge in [-0.25, -0.2) is 0 Å². The van der Waals surface area contributed by atoms with Crippen LogP contribution in [0.1, 0.15) is 6.92 Å². The minimum absolute atomic E-state index is 0.631. The summed E-state index contributed by atoms with van der Waals surface area (Å²) >= 11 is 0. The van der Waals surface area contributed by atoms with Gasteiger partial charge in [-0.15, -0.1) is 0 Å². The second kappa shape index (κ2) is 4.21. The summed E-state index contributed by atoms with van der Waals surface area (Å²) in [4.78, 5) is 0. The molecule has 0 atom stereocenters. The van der Waals surface area contributed by atoms with Crippen molar-refractivity contribution in [3.05, 3.63) is 0 Å². The second-order valence-corrected chi connectivity index (χ2v) is 8.89. The molecular formula is C5H16O2Si2. The first kappa shape index (κ1) is 9.35. The zero-order valence-corrected chi connectivity index (χ0v) is 9.14. The molecule has 0 saturated carbocycles. The molecule has 0 amide bonds. The molecule has 0 fully saturated rings. The van der Waals surface area contributed by atoms with Gasteiger partial charge in [-0.05, 0) is 26.6 Å². The quantitative estimate of drug-likeness (QED) is 0.453. The lowest BCUT2D eigenvalue weighted by molar-refractivity contribution is 0.306. The molecule has 2 nitrogen and oxygen atoms in total. The van der Waals surface area contributed by atoms with Crippen LogP contribution in [0.2, 0.25) is 19.6 Å². The fourth-order valence-electron chi connectivity index (χ4n) is 0.302. The summed E-state index contributed by atoms with van der Waals surface area (Å²) in [6, 6.07) is 0. The Kier molecular flexibility index (Phi) is 4.38. The summed E-state index contributed by atoms with van der Waals surface area (Å²) in [6.07, 6.45) is 0. The van der Waals surface area contributed by atoms with Gasteiger partial charge in [-0.1, -0.05) is 0 Å². The molecule has 0 unspecified atom stereocenters.